The number of Topliss-reactive ketones (excluding diaryl/α,β-unsaturated/α-hetero) is 1. The van der Waals surface area contributed by atoms with Gasteiger partial charge in [-0.25, -0.2) is 4.79 Å². The van der Waals surface area contributed by atoms with E-state index in [-0.39, 0.29) is 24.4 Å². The monoisotopic (exact) mass is 318 g/mol. The van der Waals surface area contributed by atoms with Crippen LogP contribution in [0.4, 0.5) is 0 Å². The third kappa shape index (κ3) is 3.59. The van der Waals surface area contributed by atoms with Crippen molar-refractivity contribution in [3.63, 3.8) is 0 Å². The summed E-state index contributed by atoms with van der Waals surface area (Å²) in [5.74, 6) is -1.56. The molecule has 2 rings (SSSR count). The maximum atomic E-state index is 12.2. The van der Waals surface area contributed by atoms with Crippen molar-refractivity contribution in [3.8, 4) is 5.75 Å². The molecule has 1 atom stereocenters. The molecule has 0 fully saturated rings. The van der Waals surface area contributed by atoms with Gasteiger partial charge in [0, 0.05) is 10.9 Å². The predicted molar refractivity (Wildman–Crippen MR) is 83.5 cm³/mol. The molecule has 2 aromatic rings. The van der Waals surface area contributed by atoms with Crippen LogP contribution in [0.1, 0.15) is 19.4 Å². The van der Waals surface area contributed by atoms with Crippen LogP contribution in [-0.4, -0.2) is 25.5 Å². The van der Waals surface area contributed by atoms with Crippen molar-refractivity contribution in [2.24, 2.45) is 5.92 Å². The predicted octanol–water partition coefficient (Wildman–Crippen LogP) is 2.11. The lowest BCUT2D eigenvalue weighted by atomic mass is 9.96. The van der Waals surface area contributed by atoms with Crippen molar-refractivity contribution in [1.29, 1.82) is 0 Å². The van der Waals surface area contributed by atoms with Gasteiger partial charge in [-0.05, 0) is 32.4 Å². The van der Waals surface area contributed by atoms with Crippen LogP contribution in [0.25, 0.3) is 11.0 Å². The normalized spacial score (nSPS) is 12.0. The minimum atomic E-state index is -1.01. The van der Waals surface area contributed by atoms with E-state index in [2.05, 4.69) is 0 Å². The zero-order valence-electron chi connectivity index (χ0n) is 13.3. The Kier molecular flexibility index (Phi) is 5.16. The fraction of sp³-hybridized carbons (Fsp3) is 0.353. The molecular formula is C17H18O6. The molecule has 1 aromatic heterocycles. The summed E-state index contributed by atoms with van der Waals surface area (Å²) in [6.45, 7) is 3.13. The molecule has 0 N–H and O–H groups in total. The number of fused-ring (bicyclic) bond motifs is 1. The molecule has 0 saturated heterocycles. The third-order valence-electron chi connectivity index (χ3n) is 3.50. The largest absolute Gasteiger partial charge is 0.493 e. The molecule has 122 valence electrons. The van der Waals surface area contributed by atoms with Gasteiger partial charge < -0.3 is 13.9 Å². The van der Waals surface area contributed by atoms with Crippen LogP contribution < -0.4 is 10.4 Å². The number of methoxy groups -OCH3 is 1. The van der Waals surface area contributed by atoms with Crippen LogP contribution in [0.15, 0.2) is 33.5 Å². The summed E-state index contributed by atoms with van der Waals surface area (Å²) in [5, 5.41) is 0.658. The maximum absolute atomic E-state index is 12.2. The van der Waals surface area contributed by atoms with Gasteiger partial charge in [-0.1, -0.05) is 12.1 Å². The smallest absolute Gasteiger partial charge is 0.339 e. The fourth-order valence-corrected chi connectivity index (χ4v) is 2.32. The van der Waals surface area contributed by atoms with Gasteiger partial charge in [-0.15, -0.1) is 0 Å². The fourth-order valence-electron chi connectivity index (χ4n) is 2.32. The summed E-state index contributed by atoms with van der Waals surface area (Å²) >= 11 is 0. The summed E-state index contributed by atoms with van der Waals surface area (Å²) in [5.41, 5.74) is -0.0178. The molecule has 1 aromatic carbocycles. The molecule has 0 spiro atoms. The Morgan fingerprint density at radius 1 is 1.30 bits per heavy atom. The first-order valence-electron chi connectivity index (χ1n) is 7.24. The van der Waals surface area contributed by atoms with E-state index in [1.807, 2.05) is 0 Å². The Bertz CT molecular complexity index is 789. The zero-order chi connectivity index (χ0) is 17.0. The number of esters is 1. The van der Waals surface area contributed by atoms with Gasteiger partial charge in [-0.3, -0.25) is 9.59 Å². The van der Waals surface area contributed by atoms with Crippen molar-refractivity contribution in [2.75, 3.05) is 13.7 Å². The van der Waals surface area contributed by atoms with Crippen molar-refractivity contribution in [1.82, 2.24) is 0 Å². The van der Waals surface area contributed by atoms with E-state index in [9.17, 15) is 14.4 Å². The van der Waals surface area contributed by atoms with Gasteiger partial charge >= 0.3 is 11.6 Å². The molecular weight excluding hydrogens is 300 g/mol. The number of ether oxygens (including phenoxy) is 2. The van der Waals surface area contributed by atoms with E-state index in [1.54, 1.807) is 31.2 Å². The summed E-state index contributed by atoms with van der Waals surface area (Å²) < 4.78 is 15.3. The van der Waals surface area contributed by atoms with Crippen molar-refractivity contribution < 1.29 is 23.5 Å². The van der Waals surface area contributed by atoms with Crippen LogP contribution in [0, 0.1) is 5.92 Å². The Morgan fingerprint density at radius 2 is 2.04 bits per heavy atom. The second-order valence-corrected chi connectivity index (χ2v) is 5.06. The molecule has 0 aliphatic carbocycles. The highest BCUT2D eigenvalue weighted by molar-refractivity contribution is 5.98. The van der Waals surface area contributed by atoms with Crippen molar-refractivity contribution >= 4 is 22.7 Å². The molecule has 0 aliphatic rings. The van der Waals surface area contributed by atoms with Crippen LogP contribution in [-0.2, 0) is 20.7 Å². The lowest BCUT2D eigenvalue weighted by Crippen LogP contribution is -2.28. The molecule has 0 aliphatic heterocycles. The Hall–Kier alpha value is -2.63. The number of ketones is 1. The summed E-state index contributed by atoms with van der Waals surface area (Å²) in [6.07, 6.45) is -0.0519. The molecule has 0 radical (unpaired) electrons. The molecule has 1 unspecified atom stereocenters. The lowest BCUT2D eigenvalue weighted by Gasteiger charge is -2.12. The number of hydrogen-bond acceptors (Lipinski definition) is 6. The van der Waals surface area contributed by atoms with Crippen molar-refractivity contribution in [2.45, 2.75) is 20.3 Å². The highest BCUT2D eigenvalue weighted by Gasteiger charge is 2.26. The summed E-state index contributed by atoms with van der Waals surface area (Å²) in [4.78, 5) is 35.7. The first-order chi connectivity index (χ1) is 11.0. The highest BCUT2D eigenvalue weighted by atomic mass is 16.5. The molecule has 1 heterocycles. The molecule has 6 nitrogen and oxygen atoms in total. The number of rotatable bonds is 6. The van der Waals surface area contributed by atoms with E-state index in [0.29, 0.717) is 16.7 Å². The third-order valence-corrected chi connectivity index (χ3v) is 3.50. The standard InChI is InChI=1S/C17H18O6/c1-4-22-17(20)13(10(2)18)9-12-8-11-6-5-7-14(21-3)15(11)23-16(12)19/h5-8,13H,4,9H2,1-3H3. The first kappa shape index (κ1) is 16.7. The van der Waals surface area contributed by atoms with E-state index >= 15 is 0 Å². The van der Waals surface area contributed by atoms with E-state index < -0.39 is 17.5 Å². The van der Waals surface area contributed by atoms with Crippen LogP contribution in [0.2, 0.25) is 0 Å². The summed E-state index contributed by atoms with van der Waals surface area (Å²) in [7, 11) is 1.48. The number of carbonyl (C=O) groups is 2. The molecule has 0 amide bonds. The minimum absolute atomic E-state index is 0.0519. The maximum Gasteiger partial charge on any atom is 0.339 e. The van der Waals surface area contributed by atoms with Gasteiger partial charge in [0.2, 0.25) is 0 Å². The Morgan fingerprint density at radius 3 is 2.65 bits per heavy atom. The van der Waals surface area contributed by atoms with E-state index in [1.165, 1.54) is 14.0 Å². The second-order valence-electron chi connectivity index (χ2n) is 5.06. The average molecular weight is 318 g/mol. The van der Waals surface area contributed by atoms with Gasteiger partial charge in [0.25, 0.3) is 0 Å². The Balaban J connectivity index is 2.43. The lowest BCUT2D eigenvalue weighted by molar-refractivity contribution is -0.151. The van der Waals surface area contributed by atoms with E-state index in [4.69, 9.17) is 13.9 Å². The molecule has 23 heavy (non-hydrogen) atoms. The molecule has 6 heteroatoms. The average Bonchev–Trinajstić information content (AvgIpc) is 2.52. The quantitative estimate of drug-likeness (QED) is 0.461. The molecule has 0 bridgehead atoms. The number of benzene rings is 1. The highest BCUT2D eigenvalue weighted by Crippen LogP contribution is 2.25. The van der Waals surface area contributed by atoms with Gasteiger partial charge in [-0.2, -0.15) is 0 Å². The van der Waals surface area contributed by atoms with Gasteiger partial charge in [0.1, 0.15) is 11.7 Å². The van der Waals surface area contributed by atoms with Crippen LogP contribution in [0.3, 0.4) is 0 Å². The first-order valence-corrected chi connectivity index (χ1v) is 7.24. The number of para-hydroxylation sites is 1. The van der Waals surface area contributed by atoms with Crippen LogP contribution in [0.5, 0.6) is 5.75 Å². The van der Waals surface area contributed by atoms with Gasteiger partial charge in [0.05, 0.1) is 13.7 Å². The molecule has 0 saturated carbocycles. The number of hydrogen-bond donors (Lipinski definition) is 0. The second kappa shape index (κ2) is 7.09. The number of carbonyl (C=O) groups excluding carboxylic acids is 2. The van der Waals surface area contributed by atoms with Gasteiger partial charge in [0.15, 0.2) is 11.3 Å². The van der Waals surface area contributed by atoms with Crippen LogP contribution >= 0.6 is 0 Å². The zero-order valence-corrected chi connectivity index (χ0v) is 13.3. The summed E-state index contributed by atoms with van der Waals surface area (Å²) in [6, 6.07) is 6.82. The van der Waals surface area contributed by atoms with E-state index in [0.717, 1.165) is 0 Å². The van der Waals surface area contributed by atoms with Crippen molar-refractivity contribution in [3.05, 3.63) is 40.2 Å². The SMILES string of the molecule is CCOC(=O)C(Cc1cc2cccc(OC)c2oc1=O)C(C)=O. The Labute approximate surface area is 133 Å². The minimum Gasteiger partial charge on any atom is -0.493 e. The topological polar surface area (TPSA) is 82.8 Å².